The Bertz CT molecular complexity index is 632. The number of Topliss-reactive ketones (excluding diaryl/α,β-unsaturated/α-hetero) is 1. The highest BCUT2D eigenvalue weighted by atomic mass is 28.4. The molecule has 1 N–H and O–H groups in total. The lowest BCUT2D eigenvalue weighted by Crippen LogP contribution is -2.48. The van der Waals surface area contributed by atoms with Crippen LogP contribution in [0.5, 0.6) is 0 Å². The second-order valence-electron chi connectivity index (χ2n) is 11.6. The zero-order valence-corrected chi connectivity index (χ0v) is 23.0. The van der Waals surface area contributed by atoms with Crippen LogP contribution in [0.15, 0.2) is 11.6 Å². The van der Waals surface area contributed by atoms with Gasteiger partial charge in [-0.05, 0) is 57.2 Å². The molecule has 0 aliphatic heterocycles. The molecule has 0 saturated heterocycles. The smallest absolute Gasteiger partial charge is 0.303 e. The normalized spacial score (nSPS) is 19.2. The number of hydrogen-bond donors (Lipinski definition) is 1. The fourth-order valence-electron chi connectivity index (χ4n) is 4.48. The highest BCUT2D eigenvalue weighted by Gasteiger charge is 2.43. The summed E-state index contributed by atoms with van der Waals surface area (Å²) in [5.41, 5.74) is 1.19. The Labute approximate surface area is 198 Å². The van der Waals surface area contributed by atoms with E-state index in [-0.39, 0.29) is 23.0 Å². The Morgan fingerprint density at radius 2 is 1.72 bits per heavy atom. The van der Waals surface area contributed by atoms with Crippen molar-refractivity contribution >= 4 is 20.1 Å². The minimum absolute atomic E-state index is 0.0715. The summed E-state index contributed by atoms with van der Waals surface area (Å²) >= 11 is 0. The van der Waals surface area contributed by atoms with E-state index < -0.39 is 14.3 Å². The first-order valence-corrected chi connectivity index (χ1v) is 15.9. The van der Waals surface area contributed by atoms with Gasteiger partial charge in [-0.1, -0.05) is 77.9 Å². The van der Waals surface area contributed by atoms with E-state index in [9.17, 15) is 9.59 Å². The van der Waals surface area contributed by atoms with Crippen molar-refractivity contribution in [1.29, 1.82) is 0 Å². The molecule has 0 spiro atoms. The molecule has 0 bridgehead atoms. The zero-order valence-electron chi connectivity index (χ0n) is 22.0. The summed E-state index contributed by atoms with van der Waals surface area (Å²) in [7, 11) is -1.88. The van der Waals surface area contributed by atoms with E-state index in [4.69, 9.17) is 9.53 Å². The number of ketones is 1. The van der Waals surface area contributed by atoms with Crippen LogP contribution < -0.4 is 0 Å². The molecular weight excluding hydrogens is 416 g/mol. The second kappa shape index (κ2) is 13.1. The summed E-state index contributed by atoms with van der Waals surface area (Å²) in [6, 6.07) is 0. The molecule has 0 aromatic carbocycles. The summed E-state index contributed by atoms with van der Waals surface area (Å²) < 4.78 is 6.98. The molecule has 0 aromatic rings. The van der Waals surface area contributed by atoms with Gasteiger partial charge in [0.1, 0.15) is 5.78 Å². The average molecular weight is 467 g/mol. The van der Waals surface area contributed by atoms with Crippen molar-refractivity contribution in [3.63, 3.8) is 0 Å². The Morgan fingerprint density at radius 1 is 1.06 bits per heavy atom. The van der Waals surface area contributed by atoms with Crippen molar-refractivity contribution < 1.29 is 19.1 Å². The summed E-state index contributed by atoms with van der Waals surface area (Å²) in [5.74, 6) is -0.283. The standard InChI is InChI=1S/C27H50O4Si/c1-8-9-14-20-27(5,31-32(6,7)26(2,3)4)21-19-22-17-18-24(28)23(22)15-12-10-11-13-16-25(29)30/h17,23H,8-16,18-21H2,1-7H3,(H,29,30)/t23-,27+/m1/s1. The molecule has 0 radical (unpaired) electrons. The number of aliphatic carboxylic acids is 1. The zero-order chi connectivity index (χ0) is 24.4. The fraction of sp³-hybridized carbons (Fsp3) is 0.852. The Kier molecular flexibility index (Phi) is 11.9. The molecule has 1 aliphatic carbocycles. The molecule has 5 heteroatoms. The van der Waals surface area contributed by atoms with Crippen molar-refractivity contribution in [2.45, 2.75) is 142 Å². The lowest BCUT2D eigenvalue weighted by molar-refractivity contribution is -0.137. The molecule has 0 aromatic heterocycles. The SMILES string of the molecule is CCCCC[C@@](C)(CCC1=CCC(=O)[C@@H]1CCCCCCC(=O)O)O[Si](C)(C)C(C)(C)C. The van der Waals surface area contributed by atoms with Gasteiger partial charge in [-0.3, -0.25) is 9.59 Å². The molecule has 0 unspecified atom stereocenters. The molecule has 0 amide bonds. The highest BCUT2D eigenvalue weighted by molar-refractivity contribution is 6.74. The topological polar surface area (TPSA) is 63.6 Å². The molecule has 0 fully saturated rings. The third kappa shape index (κ3) is 9.90. The van der Waals surface area contributed by atoms with Crippen LogP contribution in [0.3, 0.4) is 0 Å². The van der Waals surface area contributed by atoms with Crippen LogP contribution >= 0.6 is 0 Å². The first-order valence-electron chi connectivity index (χ1n) is 12.9. The fourth-order valence-corrected chi connectivity index (χ4v) is 6.22. The van der Waals surface area contributed by atoms with Crippen LogP contribution in [0.2, 0.25) is 18.1 Å². The van der Waals surface area contributed by atoms with E-state index >= 15 is 0 Å². The van der Waals surface area contributed by atoms with Crippen LogP contribution in [0, 0.1) is 5.92 Å². The van der Waals surface area contributed by atoms with Crippen molar-refractivity contribution in [2.24, 2.45) is 5.92 Å². The largest absolute Gasteiger partial charge is 0.481 e. The van der Waals surface area contributed by atoms with Gasteiger partial charge in [-0.25, -0.2) is 0 Å². The minimum atomic E-state index is -1.88. The number of hydrogen-bond acceptors (Lipinski definition) is 3. The van der Waals surface area contributed by atoms with Crippen LogP contribution in [0.1, 0.15) is 118 Å². The van der Waals surface area contributed by atoms with Gasteiger partial charge in [0.25, 0.3) is 0 Å². The summed E-state index contributed by atoms with van der Waals surface area (Å²) in [6.45, 7) is 16.1. The minimum Gasteiger partial charge on any atom is -0.481 e. The van der Waals surface area contributed by atoms with Gasteiger partial charge in [0.2, 0.25) is 0 Å². The van der Waals surface area contributed by atoms with Gasteiger partial charge in [0.05, 0.1) is 5.60 Å². The quantitative estimate of drug-likeness (QED) is 0.142. The maximum atomic E-state index is 12.5. The van der Waals surface area contributed by atoms with Crippen molar-refractivity contribution in [3.8, 4) is 0 Å². The monoisotopic (exact) mass is 466 g/mol. The van der Waals surface area contributed by atoms with Crippen LogP contribution in [0.25, 0.3) is 0 Å². The van der Waals surface area contributed by atoms with E-state index in [1.807, 2.05) is 0 Å². The molecule has 186 valence electrons. The predicted octanol–water partition coefficient (Wildman–Crippen LogP) is 8.07. The van der Waals surface area contributed by atoms with Gasteiger partial charge in [-0.2, -0.15) is 0 Å². The van der Waals surface area contributed by atoms with Crippen LogP contribution in [-0.4, -0.2) is 30.8 Å². The van der Waals surface area contributed by atoms with Crippen LogP contribution in [-0.2, 0) is 14.0 Å². The number of carbonyl (C=O) groups excluding carboxylic acids is 1. The number of allylic oxidation sites excluding steroid dienone is 2. The summed E-state index contributed by atoms with van der Waals surface area (Å²) in [4.78, 5) is 23.2. The average Bonchev–Trinajstić information content (AvgIpc) is 3.01. The molecule has 0 saturated carbocycles. The van der Waals surface area contributed by atoms with Crippen LogP contribution in [0.4, 0.5) is 0 Å². The van der Waals surface area contributed by atoms with Crippen molar-refractivity contribution in [1.82, 2.24) is 0 Å². The lowest BCUT2D eigenvalue weighted by Gasteiger charge is -2.45. The number of rotatable bonds is 16. The number of unbranched alkanes of at least 4 members (excludes halogenated alkanes) is 5. The molecule has 1 rings (SSSR count). The third-order valence-corrected chi connectivity index (χ3v) is 12.2. The van der Waals surface area contributed by atoms with E-state index in [0.717, 1.165) is 51.4 Å². The molecule has 1 aliphatic rings. The van der Waals surface area contributed by atoms with Gasteiger partial charge < -0.3 is 9.53 Å². The van der Waals surface area contributed by atoms with E-state index in [1.165, 1.54) is 24.8 Å². The Morgan fingerprint density at radius 3 is 2.31 bits per heavy atom. The summed E-state index contributed by atoms with van der Waals surface area (Å²) in [5, 5.41) is 8.95. The number of carbonyl (C=O) groups is 2. The first kappa shape index (κ1) is 29.1. The van der Waals surface area contributed by atoms with Gasteiger partial charge in [0, 0.05) is 18.8 Å². The Balaban J connectivity index is 2.69. The Hall–Kier alpha value is -0.943. The highest BCUT2D eigenvalue weighted by Crippen LogP contribution is 2.42. The molecule has 4 nitrogen and oxygen atoms in total. The first-order chi connectivity index (χ1) is 14.8. The predicted molar refractivity (Wildman–Crippen MR) is 137 cm³/mol. The van der Waals surface area contributed by atoms with Crippen molar-refractivity contribution in [3.05, 3.63) is 11.6 Å². The third-order valence-electron chi connectivity index (χ3n) is 7.59. The maximum Gasteiger partial charge on any atom is 0.303 e. The molecule has 2 atom stereocenters. The van der Waals surface area contributed by atoms with E-state index in [1.54, 1.807) is 0 Å². The van der Waals surface area contributed by atoms with Gasteiger partial charge in [0.15, 0.2) is 8.32 Å². The van der Waals surface area contributed by atoms with E-state index in [0.29, 0.717) is 12.2 Å². The maximum absolute atomic E-state index is 12.5. The van der Waals surface area contributed by atoms with Gasteiger partial charge in [-0.15, -0.1) is 0 Å². The second-order valence-corrected chi connectivity index (χ2v) is 16.3. The van der Waals surface area contributed by atoms with Gasteiger partial charge >= 0.3 is 5.97 Å². The molecule has 0 heterocycles. The lowest BCUT2D eigenvalue weighted by atomic mass is 9.86. The van der Waals surface area contributed by atoms with E-state index in [2.05, 4.69) is 53.8 Å². The number of carboxylic acids is 1. The van der Waals surface area contributed by atoms with Crippen molar-refractivity contribution in [2.75, 3.05) is 0 Å². The molecule has 32 heavy (non-hydrogen) atoms. The summed E-state index contributed by atoms with van der Waals surface area (Å²) in [6.07, 6.45) is 14.3. The molecular formula is C27H50O4Si. The number of carboxylic acid groups (broad SMARTS) is 1.